The molecule has 0 atom stereocenters. The highest BCUT2D eigenvalue weighted by Gasteiger charge is 2.34. The number of ether oxygens (including phenoxy) is 2. The van der Waals surface area contributed by atoms with Gasteiger partial charge in [0.2, 0.25) is 5.88 Å². The molecule has 6 nitrogen and oxygen atoms in total. The van der Waals surface area contributed by atoms with E-state index in [9.17, 15) is 4.79 Å². The third-order valence-corrected chi connectivity index (χ3v) is 4.38. The summed E-state index contributed by atoms with van der Waals surface area (Å²) in [5.41, 5.74) is 1.05. The molecule has 1 fully saturated rings. The highest BCUT2D eigenvalue weighted by atomic mass is 79.9. The lowest BCUT2D eigenvalue weighted by Crippen LogP contribution is -2.56. The van der Waals surface area contributed by atoms with Crippen LogP contribution in [0.2, 0.25) is 0 Å². The SMILES string of the molecule is COc1ccc(Br)c(C(=O)N2CC(Oc3cc(C#N)ccn3)C2)c1. The van der Waals surface area contributed by atoms with Crippen LogP contribution in [0.25, 0.3) is 0 Å². The second-order valence-corrected chi connectivity index (χ2v) is 6.14. The van der Waals surface area contributed by atoms with E-state index in [0.29, 0.717) is 35.8 Å². The minimum atomic E-state index is -0.125. The van der Waals surface area contributed by atoms with Crippen molar-refractivity contribution in [3.8, 4) is 17.7 Å². The smallest absolute Gasteiger partial charge is 0.255 e. The molecule has 1 aromatic carbocycles. The number of benzene rings is 1. The number of hydrogen-bond donors (Lipinski definition) is 0. The van der Waals surface area contributed by atoms with Crippen LogP contribution < -0.4 is 9.47 Å². The molecule has 1 aliphatic heterocycles. The molecule has 1 saturated heterocycles. The van der Waals surface area contributed by atoms with Gasteiger partial charge < -0.3 is 14.4 Å². The maximum absolute atomic E-state index is 12.5. The Hall–Kier alpha value is -2.59. The summed E-state index contributed by atoms with van der Waals surface area (Å²) >= 11 is 3.39. The van der Waals surface area contributed by atoms with Crippen LogP contribution in [0.1, 0.15) is 15.9 Å². The zero-order valence-corrected chi connectivity index (χ0v) is 14.5. The molecule has 2 aromatic rings. The normalized spacial score (nSPS) is 13.8. The summed E-state index contributed by atoms with van der Waals surface area (Å²) in [4.78, 5) is 18.3. The molecule has 0 N–H and O–H groups in total. The van der Waals surface area contributed by atoms with E-state index in [2.05, 4.69) is 20.9 Å². The van der Waals surface area contributed by atoms with Crippen LogP contribution in [-0.2, 0) is 0 Å². The van der Waals surface area contributed by atoms with Gasteiger partial charge in [-0.05, 0) is 40.2 Å². The van der Waals surface area contributed by atoms with Crippen molar-refractivity contribution < 1.29 is 14.3 Å². The molecular weight excluding hydrogens is 374 g/mol. The molecule has 0 aliphatic carbocycles. The Balaban J connectivity index is 1.62. The topological polar surface area (TPSA) is 75.4 Å². The van der Waals surface area contributed by atoms with E-state index in [1.165, 1.54) is 6.20 Å². The first-order valence-corrected chi connectivity index (χ1v) is 8.05. The number of methoxy groups -OCH3 is 1. The number of nitrogens with zero attached hydrogens (tertiary/aromatic N) is 3. The molecule has 0 spiro atoms. The monoisotopic (exact) mass is 387 g/mol. The maximum atomic E-state index is 12.5. The number of aromatic nitrogens is 1. The Kier molecular flexibility index (Phi) is 4.67. The second kappa shape index (κ2) is 6.89. The lowest BCUT2D eigenvalue weighted by atomic mass is 10.1. The first kappa shape index (κ1) is 16.3. The Bertz CT molecular complexity index is 813. The summed E-state index contributed by atoms with van der Waals surface area (Å²) in [6.45, 7) is 0.946. The average molecular weight is 388 g/mol. The van der Waals surface area contributed by atoms with Crippen LogP contribution in [0.5, 0.6) is 11.6 Å². The maximum Gasteiger partial charge on any atom is 0.255 e. The van der Waals surface area contributed by atoms with Gasteiger partial charge in [-0.15, -0.1) is 0 Å². The van der Waals surface area contributed by atoms with Crippen molar-refractivity contribution in [2.45, 2.75) is 6.10 Å². The van der Waals surface area contributed by atoms with Gasteiger partial charge in [-0.2, -0.15) is 5.26 Å². The van der Waals surface area contributed by atoms with Crippen LogP contribution in [0.15, 0.2) is 41.0 Å². The fraction of sp³-hybridized carbons (Fsp3) is 0.235. The lowest BCUT2D eigenvalue weighted by Gasteiger charge is -2.38. The Morgan fingerprint density at radius 1 is 1.38 bits per heavy atom. The zero-order valence-electron chi connectivity index (χ0n) is 12.9. The van der Waals surface area contributed by atoms with Crippen LogP contribution in [0, 0.1) is 11.3 Å². The quantitative estimate of drug-likeness (QED) is 0.805. The number of rotatable bonds is 4. The van der Waals surface area contributed by atoms with Gasteiger partial charge in [-0.3, -0.25) is 4.79 Å². The zero-order chi connectivity index (χ0) is 17.1. The molecule has 1 aliphatic rings. The number of pyridine rings is 1. The fourth-order valence-electron chi connectivity index (χ4n) is 2.36. The van der Waals surface area contributed by atoms with Gasteiger partial charge in [0.15, 0.2) is 0 Å². The summed E-state index contributed by atoms with van der Waals surface area (Å²) in [6.07, 6.45) is 1.41. The van der Waals surface area contributed by atoms with Crippen molar-refractivity contribution in [2.24, 2.45) is 0 Å². The summed E-state index contributed by atoms with van der Waals surface area (Å²) in [6, 6.07) is 10.5. The number of nitriles is 1. The fourth-order valence-corrected chi connectivity index (χ4v) is 2.77. The van der Waals surface area contributed by atoms with Gasteiger partial charge in [0.25, 0.3) is 5.91 Å². The number of likely N-dealkylation sites (tertiary alicyclic amines) is 1. The number of amides is 1. The molecule has 122 valence electrons. The average Bonchev–Trinajstić information content (AvgIpc) is 2.58. The molecule has 2 heterocycles. The summed E-state index contributed by atoms with van der Waals surface area (Å²) in [5.74, 6) is 0.945. The Labute approximate surface area is 147 Å². The summed E-state index contributed by atoms with van der Waals surface area (Å²) < 4.78 is 11.6. The van der Waals surface area contributed by atoms with Gasteiger partial charge >= 0.3 is 0 Å². The highest BCUT2D eigenvalue weighted by Crippen LogP contribution is 2.26. The molecule has 1 aromatic heterocycles. The predicted molar refractivity (Wildman–Crippen MR) is 90.0 cm³/mol. The third-order valence-electron chi connectivity index (χ3n) is 3.69. The van der Waals surface area contributed by atoms with E-state index in [1.807, 2.05) is 6.07 Å². The molecule has 0 unspecified atom stereocenters. The predicted octanol–water partition coefficient (Wildman–Crippen LogP) is 2.63. The number of carbonyl (C=O) groups is 1. The van der Waals surface area contributed by atoms with Crippen molar-refractivity contribution in [1.82, 2.24) is 9.88 Å². The summed E-state index contributed by atoms with van der Waals surface area (Å²) in [7, 11) is 1.56. The number of halogens is 1. The van der Waals surface area contributed by atoms with Crippen LogP contribution in [0.4, 0.5) is 0 Å². The van der Waals surface area contributed by atoms with Crippen molar-refractivity contribution in [1.29, 1.82) is 5.26 Å². The van der Waals surface area contributed by atoms with E-state index >= 15 is 0 Å². The highest BCUT2D eigenvalue weighted by molar-refractivity contribution is 9.10. The standard InChI is InChI=1S/C17H14BrN3O3/c1-23-12-2-3-15(18)14(7-12)17(22)21-9-13(10-21)24-16-6-11(8-19)4-5-20-16/h2-7,13H,9-10H2,1H3. The van der Waals surface area contributed by atoms with E-state index in [-0.39, 0.29) is 12.0 Å². The van der Waals surface area contributed by atoms with Gasteiger partial charge in [0.05, 0.1) is 37.4 Å². The number of hydrogen-bond acceptors (Lipinski definition) is 5. The van der Waals surface area contributed by atoms with E-state index in [4.69, 9.17) is 14.7 Å². The minimum Gasteiger partial charge on any atom is -0.497 e. The van der Waals surface area contributed by atoms with Crippen LogP contribution in [-0.4, -0.2) is 42.1 Å². The number of carbonyl (C=O) groups excluding carboxylic acids is 1. The van der Waals surface area contributed by atoms with E-state index in [0.717, 1.165) is 4.47 Å². The molecule has 1 amide bonds. The van der Waals surface area contributed by atoms with Crippen molar-refractivity contribution in [2.75, 3.05) is 20.2 Å². The Morgan fingerprint density at radius 3 is 2.88 bits per heavy atom. The van der Waals surface area contributed by atoms with Crippen molar-refractivity contribution >= 4 is 21.8 Å². The van der Waals surface area contributed by atoms with Gasteiger partial charge in [-0.1, -0.05) is 0 Å². The molecule has 7 heteroatoms. The van der Waals surface area contributed by atoms with Crippen molar-refractivity contribution in [3.05, 3.63) is 52.1 Å². The largest absolute Gasteiger partial charge is 0.497 e. The van der Waals surface area contributed by atoms with Gasteiger partial charge in [0, 0.05) is 16.7 Å². The first-order chi connectivity index (χ1) is 11.6. The van der Waals surface area contributed by atoms with Crippen LogP contribution >= 0.6 is 15.9 Å². The molecule has 0 radical (unpaired) electrons. The summed E-state index contributed by atoms with van der Waals surface area (Å²) in [5, 5.41) is 8.88. The van der Waals surface area contributed by atoms with E-state index in [1.54, 1.807) is 42.3 Å². The molecule has 0 saturated carbocycles. The third kappa shape index (κ3) is 3.34. The van der Waals surface area contributed by atoms with Crippen LogP contribution in [0.3, 0.4) is 0 Å². The van der Waals surface area contributed by atoms with Gasteiger partial charge in [0.1, 0.15) is 11.9 Å². The van der Waals surface area contributed by atoms with Gasteiger partial charge in [-0.25, -0.2) is 4.98 Å². The molecule has 24 heavy (non-hydrogen) atoms. The lowest BCUT2D eigenvalue weighted by molar-refractivity contribution is 0.0159. The van der Waals surface area contributed by atoms with E-state index < -0.39 is 0 Å². The second-order valence-electron chi connectivity index (χ2n) is 5.29. The molecular formula is C17H14BrN3O3. The Morgan fingerprint density at radius 2 is 2.17 bits per heavy atom. The van der Waals surface area contributed by atoms with Crippen molar-refractivity contribution in [3.63, 3.8) is 0 Å². The first-order valence-electron chi connectivity index (χ1n) is 7.26. The molecule has 3 rings (SSSR count). The molecule has 0 bridgehead atoms. The minimum absolute atomic E-state index is 0.0839.